The lowest BCUT2D eigenvalue weighted by Gasteiger charge is -2.24. The molecule has 0 atom stereocenters. The zero-order valence-corrected chi connectivity index (χ0v) is 18.9. The molecule has 33 heavy (non-hydrogen) atoms. The van der Waals surface area contributed by atoms with Crippen LogP contribution in [0.1, 0.15) is 37.0 Å². The summed E-state index contributed by atoms with van der Waals surface area (Å²) in [5.41, 5.74) is 3.08. The van der Waals surface area contributed by atoms with Crippen LogP contribution in [0.15, 0.2) is 72.8 Å². The summed E-state index contributed by atoms with van der Waals surface area (Å²) >= 11 is 0. The van der Waals surface area contributed by atoms with E-state index in [1.807, 2.05) is 38.1 Å². The first-order valence-corrected chi connectivity index (χ1v) is 10.9. The molecular formula is C27H28F2N2O2. The number of nitrogens with one attached hydrogen (secondary N) is 1. The molecule has 0 aliphatic carbocycles. The number of anilines is 1. The van der Waals surface area contributed by atoms with Gasteiger partial charge in [-0.25, -0.2) is 8.78 Å². The van der Waals surface area contributed by atoms with E-state index in [-0.39, 0.29) is 35.8 Å². The molecule has 0 radical (unpaired) electrons. The molecule has 4 nitrogen and oxygen atoms in total. The standard InChI is InChI=1S/C27H28F2N2O2/c1-19(2)14-27(33)31(18-21-8-12-24(29)13-9-21)25-5-3-4-22(15-25)16-26(32)30-17-20-6-10-23(28)11-7-20/h3-13,15,19H,14,16-18H2,1-2H3,(H,30,32). The molecule has 3 aromatic carbocycles. The molecule has 0 fully saturated rings. The van der Waals surface area contributed by atoms with E-state index in [1.54, 1.807) is 29.2 Å². The van der Waals surface area contributed by atoms with Crippen molar-refractivity contribution in [2.75, 3.05) is 4.90 Å². The first-order valence-electron chi connectivity index (χ1n) is 10.9. The van der Waals surface area contributed by atoms with E-state index in [1.165, 1.54) is 24.3 Å². The molecule has 6 heteroatoms. The minimum Gasteiger partial charge on any atom is -0.352 e. The van der Waals surface area contributed by atoms with Crippen LogP contribution in [0.25, 0.3) is 0 Å². The van der Waals surface area contributed by atoms with Gasteiger partial charge in [-0.3, -0.25) is 9.59 Å². The minimum atomic E-state index is -0.326. The lowest BCUT2D eigenvalue weighted by atomic mass is 10.1. The maximum absolute atomic E-state index is 13.3. The van der Waals surface area contributed by atoms with Crippen LogP contribution in [-0.4, -0.2) is 11.8 Å². The fourth-order valence-corrected chi connectivity index (χ4v) is 3.44. The zero-order valence-electron chi connectivity index (χ0n) is 18.9. The van der Waals surface area contributed by atoms with Crippen LogP contribution in [-0.2, 0) is 29.1 Å². The maximum Gasteiger partial charge on any atom is 0.227 e. The van der Waals surface area contributed by atoms with Crippen molar-refractivity contribution in [3.8, 4) is 0 Å². The highest BCUT2D eigenvalue weighted by molar-refractivity contribution is 5.93. The predicted octanol–water partition coefficient (Wildman–Crippen LogP) is 5.40. The first kappa shape index (κ1) is 24.1. The highest BCUT2D eigenvalue weighted by atomic mass is 19.1. The number of nitrogens with zero attached hydrogens (tertiary/aromatic N) is 1. The van der Waals surface area contributed by atoms with Gasteiger partial charge >= 0.3 is 0 Å². The molecule has 0 aromatic heterocycles. The Morgan fingerprint density at radius 2 is 1.45 bits per heavy atom. The van der Waals surface area contributed by atoms with E-state index < -0.39 is 0 Å². The van der Waals surface area contributed by atoms with Gasteiger partial charge in [0.2, 0.25) is 11.8 Å². The third-order valence-corrected chi connectivity index (χ3v) is 5.13. The summed E-state index contributed by atoms with van der Waals surface area (Å²) in [6, 6.07) is 19.4. The number of amides is 2. The molecule has 0 saturated carbocycles. The average Bonchev–Trinajstić information content (AvgIpc) is 2.78. The van der Waals surface area contributed by atoms with Gasteiger partial charge in [0.25, 0.3) is 0 Å². The van der Waals surface area contributed by atoms with E-state index in [9.17, 15) is 18.4 Å². The van der Waals surface area contributed by atoms with Crippen LogP contribution >= 0.6 is 0 Å². The van der Waals surface area contributed by atoms with Crippen LogP contribution < -0.4 is 10.2 Å². The number of hydrogen-bond donors (Lipinski definition) is 1. The summed E-state index contributed by atoms with van der Waals surface area (Å²) in [6.07, 6.45) is 0.529. The highest BCUT2D eigenvalue weighted by Gasteiger charge is 2.18. The van der Waals surface area contributed by atoms with Gasteiger partial charge in [0.05, 0.1) is 13.0 Å². The number of rotatable bonds is 9. The van der Waals surface area contributed by atoms with Crippen LogP contribution in [0.4, 0.5) is 14.5 Å². The van der Waals surface area contributed by atoms with E-state index >= 15 is 0 Å². The van der Waals surface area contributed by atoms with Crippen LogP contribution in [0, 0.1) is 17.6 Å². The van der Waals surface area contributed by atoms with Crippen LogP contribution in [0.2, 0.25) is 0 Å². The molecule has 0 aliphatic heterocycles. The molecule has 0 bridgehead atoms. The molecule has 0 heterocycles. The largest absolute Gasteiger partial charge is 0.352 e. The Labute approximate surface area is 193 Å². The molecule has 2 amide bonds. The monoisotopic (exact) mass is 450 g/mol. The Morgan fingerprint density at radius 3 is 2.06 bits per heavy atom. The van der Waals surface area contributed by atoms with E-state index in [4.69, 9.17) is 0 Å². The van der Waals surface area contributed by atoms with Gasteiger partial charge in [0.1, 0.15) is 11.6 Å². The molecule has 1 N–H and O–H groups in total. The van der Waals surface area contributed by atoms with Gasteiger partial charge in [0.15, 0.2) is 0 Å². The Kier molecular flexibility index (Phi) is 8.30. The van der Waals surface area contributed by atoms with Crippen LogP contribution in [0.3, 0.4) is 0 Å². The smallest absolute Gasteiger partial charge is 0.227 e. The second-order valence-electron chi connectivity index (χ2n) is 8.45. The van der Waals surface area contributed by atoms with Crippen molar-refractivity contribution in [3.05, 3.63) is 101 Å². The summed E-state index contributed by atoms with van der Waals surface area (Å²) in [5, 5.41) is 2.83. The average molecular weight is 451 g/mol. The molecule has 0 unspecified atom stereocenters. The van der Waals surface area contributed by atoms with Crippen molar-refractivity contribution in [1.29, 1.82) is 0 Å². The van der Waals surface area contributed by atoms with Crippen molar-refractivity contribution in [2.24, 2.45) is 5.92 Å². The minimum absolute atomic E-state index is 0.0350. The van der Waals surface area contributed by atoms with Crippen LogP contribution in [0.5, 0.6) is 0 Å². The van der Waals surface area contributed by atoms with Crippen molar-refractivity contribution >= 4 is 17.5 Å². The molecule has 3 aromatic rings. The number of carbonyl (C=O) groups excluding carboxylic acids is 2. The van der Waals surface area contributed by atoms with E-state index in [0.29, 0.717) is 25.2 Å². The Morgan fingerprint density at radius 1 is 0.848 bits per heavy atom. The molecule has 3 rings (SSSR count). The molecule has 172 valence electrons. The SMILES string of the molecule is CC(C)CC(=O)N(Cc1ccc(F)cc1)c1cccc(CC(=O)NCc2ccc(F)cc2)c1. The lowest BCUT2D eigenvalue weighted by Crippen LogP contribution is -2.31. The van der Waals surface area contributed by atoms with Crippen molar-refractivity contribution in [1.82, 2.24) is 5.32 Å². The number of hydrogen-bond acceptors (Lipinski definition) is 2. The van der Waals surface area contributed by atoms with Crippen molar-refractivity contribution in [2.45, 2.75) is 39.8 Å². The van der Waals surface area contributed by atoms with Gasteiger partial charge in [-0.05, 0) is 59.0 Å². The van der Waals surface area contributed by atoms with Gasteiger partial charge < -0.3 is 10.2 Å². The highest BCUT2D eigenvalue weighted by Crippen LogP contribution is 2.22. The van der Waals surface area contributed by atoms with Gasteiger partial charge in [-0.2, -0.15) is 0 Å². The summed E-state index contributed by atoms with van der Waals surface area (Å²) in [5.74, 6) is -0.664. The van der Waals surface area contributed by atoms with Gasteiger partial charge in [-0.15, -0.1) is 0 Å². The Balaban J connectivity index is 1.72. The normalized spacial score (nSPS) is 10.8. The third-order valence-electron chi connectivity index (χ3n) is 5.13. The van der Waals surface area contributed by atoms with Crippen molar-refractivity contribution in [3.63, 3.8) is 0 Å². The molecule has 0 aliphatic rings. The van der Waals surface area contributed by atoms with Crippen molar-refractivity contribution < 1.29 is 18.4 Å². The number of carbonyl (C=O) groups is 2. The van der Waals surface area contributed by atoms with Gasteiger partial charge in [0, 0.05) is 18.7 Å². The topological polar surface area (TPSA) is 49.4 Å². The number of halogens is 2. The zero-order chi connectivity index (χ0) is 23.8. The summed E-state index contributed by atoms with van der Waals surface area (Å²) in [4.78, 5) is 27.1. The molecule has 0 saturated heterocycles. The summed E-state index contributed by atoms with van der Waals surface area (Å²) in [6.45, 7) is 4.58. The summed E-state index contributed by atoms with van der Waals surface area (Å²) in [7, 11) is 0. The Hall–Kier alpha value is -3.54. The molecule has 0 spiro atoms. The fourth-order valence-electron chi connectivity index (χ4n) is 3.44. The van der Waals surface area contributed by atoms with E-state index in [2.05, 4.69) is 5.32 Å². The predicted molar refractivity (Wildman–Crippen MR) is 125 cm³/mol. The fraction of sp³-hybridized carbons (Fsp3) is 0.259. The second-order valence-corrected chi connectivity index (χ2v) is 8.45. The van der Waals surface area contributed by atoms with E-state index in [0.717, 1.165) is 16.7 Å². The van der Waals surface area contributed by atoms with Gasteiger partial charge in [-0.1, -0.05) is 50.2 Å². The number of benzene rings is 3. The third kappa shape index (κ3) is 7.52. The Bertz CT molecular complexity index is 1080. The maximum atomic E-state index is 13.3. The first-order chi connectivity index (χ1) is 15.8. The lowest BCUT2D eigenvalue weighted by molar-refractivity contribution is -0.120. The quantitative estimate of drug-likeness (QED) is 0.474. The summed E-state index contributed by atoms with van der Waals surface area (Å²) < 4.78 is 26.3. The molecular weight excluding hydrogens is 422 g/mol. The second kappa shape index (κ2) is 11.4.